The van der Waals surface area contributed by atoms with Crippen LogP contribution in [-0.2, 0) is 9.47 Å². The first-order valence-electron chi connectivity index (χ1n) is 5.66. The molecule has 17 heavy (non-hydrogen) atoms. The summed E-state index contributed by atoms with van der Waals surface area (Å²) in [4.78, 5) is 0. The Labute approximate surface area is 99.1 Å². The van der Waals surface area contributed by atoms with E-state index in [2.05, 4.69) is 0 Å². The van der Waals surface area contributed by atoms with Gasteiger partial charge in [0.05, 0.1) is 0 Å². The van der Waals surface area contributed by atoms with E-state index < -0.39 is 24.6 Å². The second-order valence-corrected chi connectivity index (χ2v) is 4.31. The first kappa shape index (κ1) is 10.9. The minimum Gasteiger partial charge on any atom is -0.387 e. The molecule has 0 aromatic heterocycles. The Bertz CT molecular complexity index is 417. The zero-order chi connectivity index (χ0) is 11.8. The fraction of sp³-hybridized carbons (Fsp3) is 0.385. The standard InChI is InChI=1S/C13H14O4/c14-9-6-7-10-12(11(9)15)17-13(16-10)8-4-2-1-3-5-8/h1-7,9-15H/t9?,10-,11?,12-,13-/m0/s1. The van der Waals surface area contributed by atoms with E-state index in [4.69, 9.17) is 9.47 Å². The average Bonchev–Trinajstić information content (AvgIpc) is 2.80. The maximum absolute atomic E-state index is 9.81. The second kappa shape index (κ2) is 4.23. The van der Waals surface area contributed by atoms with Crippen molar-refractivity contribution >= 4 is 0 Å². The molecule has 0 saturated carbocycles. The number of hydrogen-bond acceptors (Lipinski definition) is 4. The Hall–Kier alpha value is -1.20. The fourth-order valence-corrected chi connectivity index (χ4v) is 2.20. The maximum Gasteiger partial charge on any atom is 0.185 e. The molecule has 0 radical (unpaired) electrons. The summed E-state index contributed by atoms with van der Waals surface area (Å²) in [5.74, 6) is 0. The molecule has 1 aromatic carbocycles. The van der Waals surface area contributed by atoms with Crippen LogP contribution in [0.25, 0.3) is 0 Å². The molecule has 1 fully saturated rings. The number of rotatable bonds is 1. The van der Waals surface area contributed by atoms with Gasteiger partial charge in [0.25, 0.3) is 0 Å². The Morgan fingerprint density at radius 3 is 2.47 bits per heavy atom. The van der Waals surface area contributed by atoms with Crippen molar-refractivity contribution in [2.45, 2.75) is 30.7 Å². The van der Waals surface area contributed by atoms with E-state index in [1.807, 2.05) is 30.3 Å². The van der Waals surface area contributed by atoms with Crippen LogP contribution in [0.1, 0.15) is 11.9 Å². The molecular formula is C13H14O4. The van der Waals surface area contributed by atoms with Crippen molar-refractivity contribution in [2.75, 3.05) is 0 Å². The van der Waals surface area contributed by atoms with Gasteiger partial charge in [-0.05, 0) is 0 Å². The van der Waals surface area contributed by atoms with Crippen LogP contribution < -0.4 is 0 Å². The third-order valence-corrected chi connectivity index (χ3v) is 3.14. The van der Waals surface area contributed by atoms with Gasteiger partial charge in [0.15, 0.2) is 6.29 Å². The molecule has 3 rings (SSSR count). The molecule has 1 aromatic rings. The Morgan fingerprint density at radius 1 is 0.941 bits per heavy atom. The van der Waals surface area contributed by atoms with Gasteiger partial charge in [-0.3, -0.25) is 0 Å². The van der Waals surface area contributed by atoms with E-state index >= 15 is 0 Å². The molecule has 4 nitrogen and oxygen atoms in total. The van der Waals surface area contributed by atoms with Crippen LogP contribution in [0.3, 0.4) is 0 Å². The predicted molar refractivity (Wildman–Crippen MR) is 60.1 cm³/mol. The molecule has 1 saturated heterocycles. The van der Waals surface area contributed by atoms with Gasteiger partial charge in [-0.15, -0.1) is 0 Å². The largest absolute Gasteiger partial charge is 0.387 e. The van der Waals surface area contributed by atoms with Gasteiger partial charge in [0, 0.05) is 5.56 Å². The lowest BCUT2D eigenvalue weighted by Crippen LogP contribution is -2.44. The van der Waals surface area contributed by atoms with Crippen molar-refractivity contribution in [3.63, 3.8) is 0 Å². The zero-order valence-electron chi connectivity index (χ0n) is 9.14. The van der Waals surface area contributed by atoms with E-state index in [-0.39, 0.29) is 6.10 Å². The van der Waals surface area contributed by atoms with Crippen molar-refractivity contribution in [3.05, 3.63) is 48.0 Å². The van der Waals surface area contributed by atoms with Crippen molar-refractivity contribution < 1.29 is 19.7 Å². The summed E-state index contributed by atoms with van der Waals surface area (Å²) in [6.45, 7) is 0. The van der Waals surface area contributed by atoms with Crippen molar-refractivity contribution in [1.29, 1.82) is 0 Å². The van der Waals surface area contributed by atoms with Crippen LogP contribution >= 0.6 is 0 Å². The van der Waals surface area contributed by atoms with Gasteiger partial charge in [-0.2, -0.15) is 0 Å². The molecule has 90 valence electrons. The number of benzene rings is 1. The van der Waals surface area contributed by atoms with Crippen LogP contribution in [0.4, 0.5) is 0 Å². The van der Waals surface area contributed by atoms with Crippen LogP contribution in [0.15, 0.2) is 42.5 Å². The molecule has 0 bridgehead atoms. The molecule has 2 N–H and O–H groups in total. The van der Waals surface area contributed by atoms with Crippen LogP contribution in [-0.4, -0.2) is 34.6 Å². The van der Waals surface area contributed by atoms with Crippen LogP contribution in [0.2, 0.25) is 0 Å². The Morgan fingerprint density at radius 2 is 1.71 bits per heavy atom. The van der Waals surface area contributed by atoms with E-state index in [1.165, 1.54) is 0 Å². The Kier molecular flexibility index (Phi) is 2.72. The van der Waals surface area contributed by atoms with E-state index in [9.17, 15) is 10.2 Å². The molecule has 0 amide bonds. The molecule has 1 aliphatic carbocycles. The van der Waals surface area contributed by atoms with Crippen molar-refractivity contribution in [2.24, 2.45) is 0 Å². The average molecular weight is 234 g/mol. The number of aliphatic hydroxyl groups is 2. The summed E-state index contributed by atoms with van der Waals surface area (Å²) >= 11 is 0. The molecule has 2 unspecified atom stereocenters. The highest BCUT2D eigenvalue weighted by atomic mass is 16.7. The minimum absolute atomic E-state index is 0.293. The normalized spacial score (nSPS) is 40.2. The summed E-state index contributed by atoms with van der Waals surface area (Å²) in [7, 11) is 0. The number of fused-ring (bicyclic) bond motifs is 1. The third kappa shape index (κ3) is 1.89. The summed E-state index contributed by atoms with van der Waals surface area (Å²) in [5, 5.41) is 19.3. The number of ether oxygens (including phenoxy) is 2. The van der Waals surface area contributed by atoms with E-state index in [1.54, 1.807) is 12.2 Å². The predicted octanol–water partition coefficient (Wildman–Crippen LogP) is 0.761. The summed E-state index contributed by atoms with van der Waals surface area (Å²) in [5.41, 5.74) is 0.914. The highest BCUT2D eigenvalue weighted by molar-refractivity contribution is 5.19. The molecule has 0 spiro atoms. The van der Waals surface area contributed by atoms with Crippen LogP contribution in [0, 0.1) is 0 Å². The molecule has 4 heteroatoms. The minimum atomic E-state index is -0.932. The van der Waals surface area contributed by atoms with Gasteiger partial charge in [-0.1, -0.05) is 42.5 Å². The number of aliphatic hydroxyl groups excluding tert-OH is 2. The quantitative estimate of drug-likeness (QED) is 0.704. The molecular weight excluding hydrogens is 220 g/mol. The Balaban J connectivity index is 1.81. The smallest absolute Gasteiger partial charge is 0.185 e. The lowest BCUT2D eigenvalue weighted by Gasteiger charge is -2.26. The first-order valence-corrected chi connectivity index (χ1v) is 5.66. The fourth-order valence-electron chi connectivity index (χ4n) is 2.20. The van der Waals surface area contributed by atoms with Gasteiger partial charge >= 0.3 is 0 Å². The monoisotopic (exact) mass is 234 g/mol. The molecule has 1 heterocycles. The first-order chi connectivity index (χ1) is 8.25. The van der Waals surface area contributed by atoms with Gasteiger partial charge in [0.1, 0.15) is 24.4 Å². The maximum atomic E-state index is 9.81. The highest BCUT2D eigenvalue weighted by Gasteiger charge is 2.44. The lowest BCUT2D eigenvalue weighted by atomic mass is 9.97. The van der Waals surface area contributed by atoms with Gasteiger partial charge < -0.3 is 19.7 Å². The third-order valence-electron chi connectivity index (χ3n) is 3.14. The number of hydrogen-bond donors (Lipinski definition) is 2. The topological polar surface area (TPSA) is 58.9 Å². The van der Waals surface area contributed by atoms with Gasteiger partial charge in [-0.25, -0.2) is 0 Å². The van der Waals surface area contributed by atoms with Crippen molar-refractivity contribution in [1.82, 2.24) is 0 Å². The molecule has 5 atom stereocenters. The summed E-state index contributed by atoms with van der Waals surface area (Å²) in [6.07, 6.45) is 0.204. The lowest BCUT2D eigenvalue weighted by molar-refractivity contribution is -0.0989. The van der Waals surface area contributed by atoms with E-state index in [0.717, 1.165) is 5.56 Å². The van der Waals surface area contributed by atoms with E-state index in [0.29, 0.717) is 0 Å². The second-order valence-electron chi connectivity index (χ2n) is 4.31. The molecule has 1 aliphatic heterocycles. The zero-order valence-corrected chi connectivity index (χ0v) is 9.14. The SMILES string of the molecule is OC1C=C[C@@H]2O[C@H](c3ccccc3)O[C@@H]2C1O. The van der Waals surface area contributed by atoms with Crippen LogP contribution in [0.5, 0.6) is 0 Å². The highest BCUT2D eigenvalue weighted by Crippen LogP contribution is 2.35. The summed E-state index contributed by atoms with van der Waals surface area (Å²) in [6, 6.07) is 9.56. The van der Waals surface area contributed by atoms with Gasteiger partial charge in [0.2, 0.25) is 0 Å². The van der Waals surface area contributed by atoms with Crippen molar-refractivity contribution in [3.8, 4) is 0 Å². The molecule has 2 aliphatic rings. The summed E-state index contributed by atoms with van der Waals surface area (Å²) < 4.78 is 11.3.